The Bertz CT molecular complexity index is 860. The molecule has 0 radical (unpaired) electrons. The van der Waals surface area contributed by atoms with Crippen molar-refractivity contribution in [2.24, 2.45) is 0 Å². The van der Waals surface area contributed by atoms with Gasteiger partial charge in [0.25, 0.3) is 0 Å². The number of nitrogens with zero attached hydrogens (tertiary/aromatic N) is 1. The maximum absolute atomic E-state index is 9.93. The van der Waals surface area contributed by atoms with Gasteiger partial charge in [-0.15, -0.1) is 0 Å². The van der Waals surface area contributed by atoms with Crippen LogP contribution in [0.4, 0.5) is 0 Å². The quantitative estimate of drug-likeness (QED) is 0.0367. The van der Waals surface area contributed by atoms with Gasteiger partial charge in [-0.1, -0.05) is 190 Å². The third-order valence-electron chi connectivity index (χ3n) is 12.3. The van der Waals surface area contributed by atoms with E-state index in [2.05, 4.69) is 93.7 Å². The van der Waals surface area contributed by atoms with Crippen molar-refractivity contribution < 1.29 is 22.0 Å². The SMILES string of the molecule is CCCCCC=CCC=CCCCCCCCC[N+](CCCO)(CCCCCCCC/C=C\C/C=C\CCCCC)CCCCCCCC/C=C\C/C=C\CCCCC.[Cl-]. The molecule has 60 heavy (non-hydrogen) atoms. The number of unbranched alkanes of at least 4 members (excludes halogenated alkanes) is 27. The second-order valence-corrected chi connectivity index (χ2v) is 18.1. The van der Waals surface area contributed by atoms with Gasteiger partial charge in [0.05, 0.1) is 26.2 Å². The number of rotatable bonds is 48. The van der Waals surface area contributed by atoms with Crippen LogP contribution in [0.15, 0.2) is 72.9 Å². The molecule has 0 atom stereocenters. The highest BCUT2D eigenvalue weighted by atomic mass is 35.5. The van der Waals surface area contributed by atoms with Gasteiger partial charge in [0.15, 0.2) is 0 Å². The van der Waals surface area contributed by atoms with Crippen molar-refractivity contribution in [2.75, 3.05) is 32.8 Å². The summed E-state index contributed by atoms with van der Waals surface area (Å²) in [5, 5.41) is 9.93. The van der Waals surface area contributed by atoms with Crippen molar-refractivity contribution in [3.63, 3.8) is 0 Å². The van der Waals surface area contributed by atoms with Crippen molar-refractivity contribution in [3.8, 4) is 0 Å². The summed E-state index contributed by atoms with van der Waals surface area (Å²) in [5.74, 6) is 0. The van der Waals surface area contributed by atoms with Crippen molar-refractivity contribution in [2.45, 2.75) is 258 Å². The standard InChI is InChI=1S/C57H106NO.ClH/c1-4-7-10-13-16-19-22-25-28-31-34-37-40-43-46-49-53-58(56-52-57-59,54-50-47-44-41-38-35-32-29-26-23-20-17-14-11-8-5-2)55-51-48-45-42-39-36-33-30-27-24-21-18-15-12-9-6-3;/h16-21,25-30,59H,4-15,22-24,31-57H2,1-3H3;1H/q+1;/p-1/b19-16-,20-17-,21-18?,28-25-,29-26-,30-27?;. The Labute approximate surface area is 384 Å². The molecule has 0 aliphatic rings. The highest BCUT2D eigenvalue weighted by Gasteiger charge is 2.25. The molecule has 3 heteroatoms. The van der Waals surface area contributed by atoms with Gasteiger partial charge in [-0.25, -0.2) is 0 Å². The zero-order chi connectivity index (χ0) is 42.7. The molecule has 1 N–H and O–H groups in total. The fourth-order valence-corrected chi connectivity index (χ4v) is 8.38. The van der Waals surface area contributed by atoms with E-state index in [9.17, 15) is 5.11 Å². The van der Waals surface area contributed by atoms with E-state index < -0.39 is 0 Å². The summed E-state index contributed by atoms with van der Waals surface area (Å²) in [6.45, 7) is 12.3. The van der Waals surface area contributed by atoms with Crippen LogP contribution in [0.25, 0.3) is 0 Å². The smallest absolute Gasteiger partial charge is 0.0808 e. The Balaban J connectivity index is 0. The van der Waals surface area contributed by atoms with Gasteiger partial charge < -0.3 is 22.0 Å². The minimum Gasteiger partial charge on any atom is -1.00 e. The third-order valence-corrected chi connectivity index (χ3v) is 12.3. The van der Waals surface area contributed by atoms with E-state index in [1.807, 2.05) is 0 Å². The number of allylic oxidation sites excluding steroid dienone is 12. The summed E-state index contributed by atoms with van der Waals surface area (Å²) in [5.41, 5.74) is 0. The van der Waals surface area contributed by atoms with Gasteiger partial charge in [0.1, 0.15) is 0 Å². The molecule has 0 saturated carbocycles. The van der Waals surface area contributed by atoms with Gasteiger partial charge in [-0.05, 0) is 135 Å². The molecule has 0 aromatic carbocycles. The van der Waals surface area contributed by atoms with Crippen molar-refractivity contribution in [1.29, 1.82) is 0 Å². The largest absolute Gasteiger partial charge is 1.00 e. The number of halogens is 1. The fourth-order valence-electron chi connectivity index (χ4n) is 8.38. The molecular weight excluding hydrogens is 750 g/mol. The molecular formula is C57H106ClNO. The van der Waals surface area contributed by atoms with Crippen LogP contribution in [0.5, 0.6) is 0 Å². The van der Waals surface area contributed by atoms with E-state index in [-0.39, 0.29) is 12.4 Å². The first-order chi connectivity index (χ1) is 29.2. The van der Waals surface area contributed by atoms with E-state index in [1.165, 1.54) is 243 Å². The summed E-state index contributed by atoms with van der Waals surface area (Å²) < 4.78 is 1.27. The highest BCUT2D eigenvalue weighted by Crippen LogP contribution is 2.20. The van der Waals surface area contributed by atoms with Crippen LogP contribution in [0.1, 0.15) is 258 Å². The van der Waals surface area contributed by atoms with Gasteiger partial charge in [0.2, 0.25) is 0 Å². The molecule has 0 aromatic heterocycles. The molecule has 0 saturated heterocycles. The van der Waals surface area contributed by atoms with Crippen LogP contribution in [-0.4, -0.2) is 42.4 Å². The van der Waals surface area contributed by atoms with E-state index in [0.29, 0.717) is 6.61 Å². The second kappa shape index (κ2) is 53.8. The highest BCUT2D eigenvalue weighted by molar-refractivity contribution is 4.94. The number of hydrogen-bond acceptors (Lipinski definition) is 1. The summed E-state index contributed by atoms with van der Waals surface area (Å²) in [6.07, 6.45) is 77.0. The Kier molecular flexibility index (Phi) is 54.4. The number of hydrogen-bond donors (Lipinski definition) is 1. The van der Waals surface area contributed by atoms with Crippen LogP contribution in [0.2, 0.25) is 0 Å². The predicted octanol–water partition coefficient (Wildman–Crippen LogP) is 15.6. The van der Waals surface area contributed by atoms with E-state index in [0.717, 1.165) is 25.7 Å². The minimum absolute atomic E-state index is 0. The van der Waals surface area contributed by atoms with Crippen molar-refractivity contribution >= 4 is 0 Å². The first-order valence-electron chi connectivity index (χ1n) is 26.6. The average Bonchev–Trinajstić information content (AvgIpc) is 3.25. The van der Waals surface area contributed by atoms with Gasteiger partial charge in [-0.3, -0.25) is 0 Å². The zero-order valence-electron chi connectivity index (χ0n) is 40.9. The van der Waals surface area contributed by atoms with Crippen LogP contribution in [0.3, 0.4) is 0 Å². The Morgan fingerprint density at radius 1 is 0.267 bits per heavy atom. The van der Waals surface area contributed by atoms with Crippen molar-refractivity contribution in [1.82, 2.24) is 0 Å². The van der Waals surface area contributed by atoms with Crippen LogP contribution < -0.4 is 12.4 Å². The molecule has 2 nitrogen and oxygen atoms in total. The summed E-state index contributed by atoms with van der Waals surface area (Å²) >= 11 is 0. The molecule has 0 aliphatic heterocycles. The molecule has 0 aromatic rings. The molecule has 0 amide bonds. The van der Waals surface area contributed by atoms with E-state index >= 15 is 0 Å². The monoisotopic (exact) mass is 856 g/mol. The summed E-state index contributed by atoms with van der Waals surface area (Å²) in [6, 6.07) is 0. The van der Waals surface area contributed by atoms with Crippen LogP contribution in [-0.2, 0) is 0 Å². The number of quaternary nitrogens is 1. The van der Waals surface area contributed by atoms with Gasteiger partial charge >= 0.3 is 0 Å². The lowest BCUT2D eigenvalue weighted by Crippen LogP contribution is -3.00. The van der Waals surface area contributed by atoms with Crippen LogP contribution in [0, 0.1) is 0 Å². The molecule has 0 rings (SSSR count). The normalized spacial score (nSPS) is 12.6. The topological polar surface area (TPSA) is 20.2 Å². The Morgan fingerprint density at radius 3 is 0.733 bits per heavy atom. The molecule has 0 fully saturated rings. The lowest BCUT2D eigenvalue weighted by molar-refractivity contribution is -0.929. The van der Waals surface area contributed by atoms with Gasteiger partial charge in [0, 0.05) is 13.0 Å². The minimum atomic E-state index is 0. The Hall–Kier alpha value is -1.35. The van der Waals surface area contributed by atoms with E-state index in [1.54, 1.807) is 0 Å². The molecule has 352 valence electrons. The third kappa shape index (κ3) is 47.7. The summed E-state index contributed by atoms with van der Waals surface area (Å²) in [4.78, 5) is 0. The summed E-state index contributed by atoms with van der Waals surface area (Å²) in [7, 11) is 0. The maximum atomic E-state index is 9.93. The molecule has 0 spiro atoms. The maximum Gasteiger partial charge on any atom is 0.0808 e. The fraction of sp³-hybridized carbons (Fsp3) is 0.789. The molecule has 0 unspecified atom stereocenters. The lowest BCUT2D eigenvalue weighted by atomic mass is 10.0. The second-order valence-electron chi connectivity index (χ2n) is 18.1. The number of aliphatic hydroxyl groups is 1. The lowest BCUT2D eigenvalue weighted by Gasteiger charge is -2.39. The predicted molar refractivity (Wildman–Crippen MR) is 270 cm³/mol. The molecule has 0 heterocycles. The molecule has 0 bridgehead atoms. The zero-order valence-corrected chi connectivity index (χ0v) is 41.7. The van der Waals surface area contributed by atoms with Crippen molar-refractivity contribution in [3.05, 3.63) is 72.9 Å². The number of aliphatic hydroxyl groups excluding tert-OH is 1. The first kappa shape index (κ1) is 60.7. The van der Waals surface area contributed by atoms with Gasteiger partial charge in [-0.2, -0.15) is 0 Å². The first-order valence-corrected chi connectivity index (χ1v) is 26.6. The average molecular weight is 857 g/mol. The Morgan fingerprint density at radius 2 is 0.483 bits per heavy atom. The van der Waals surface area contributed by atoms with E-state index in [4.69, 9.17) is 0 Å². The molecule has 0 aliphatic carbocycles. The van der Waals surface area contributed by atoms with Crippen LogP contribution >= 0.6 is 0 Å².